The zero-order valence-corrected chi connectivity index (χ0v) is 22.0. The molecule has 1 atom stereocenters. The molecule has 0 radical (unpaired) electrons. The van der Waals surface area contributed by atoms with Crippen molar-refractivity contribution in [2.75, 3.05) is 61.2 Å². The summed E-state index contributed by atoms with van der Waals surface area (Å²) in [4.78, 5) is 29.2. The van der Waals surface area contributed by atoms with Crippen molar-refractivity contribution >= 4 is 17.5 Å². The summed E-state index contributed by atoms with van der Waals surface area (Å²) in [7, 11) is 6.40. The Bertz CT molecular complexity index is 1180. The van der Waals surface area contributed by atoms with Gasteiger partial charge in [0, 0.05) is 62.8 Å². The first kappa shape index (κ1) is 26.3. The molecule has 0 bridgehead atoms. The Hall–Kier alpha value is -3.79. The number of benzene rings is 2. The highest BCUT2D eigenvalue weighted by Gasteiger charge is 2.36. The first-order valence-electron chi connectivity index (χ1n) is 12.2. The molecule has 2 heterocycles. The summed E-state index contributed by atoms with van der Waals surface area (Å²) in [5, 5.41) is 6.36. The average molecular weight is 511 g/mol. The molecule has 0 N–H and O–H groups in total. The second-order valence-electron chi connectivity index (χ2n) is 8.96. The van der Waals surface area contributed by atoms with Crippen LogP contribution in [-0.4, -0.2) is 93.5 Å². The van der Waals surface area contributed by atoms with E-state index < -0.39 is 0 Å². The number of rotatable bonds is 8. The van der Waals surface area contributed by atoms with E-state index in [1.165, 1.54) is 0 Å². The molecule has 0 aromatic heterocycles. The molecule has 0 saturated carbocycles. The van der Waals surface area contributed by atoms with Gasteiger partial charge in [-0.25, -0.2) is 5.01 Å². The first-order chi connectivity index (χ1) is 17.9. The summed E-state index contributed by atoms with van der Waals surface area (Å²) in [5.41, 5.74) is 2.37. The quantitative estimate of drug-likeness (QED) is 0.539. The molecule has 37 heavy (non-hydrogen) atoms. The van der Waals surface area contributed by atoms with Crippen molar-refractivity contribution in [3.63, 3.8) is 0 Å². The molecular formula is C27H34N4O6. The number of carbonyl (C=O) groups is 2. The number of methoxy groups -OCH3 is 4. The zero-order valence-electron chi connectivity index (χ0n) is 22.0. The monoisotopic (exact) mass is 510 g/mol. The molecule has 2 aliphatic heterocycles. The maximum absolute atomic E-state index is 13.6. The van der Waals surface area contributed by atoms with E-state index in [2.05, 4.69) is 4.90 Å². The lowest BCUT2D eigenvalue weighted by molar-refractivity contribution is -0.135. The summed E-state index contributed by atoms with van der Waals surface area (Å²) in [6.45, 7) is 4.27. The maximum Gasteiger partial charge on any atom is 0.257 e. The second-order valence-corrected chi connectivity index (χ2v) is 8.96. The van der Waals surface area contributed by atoms with Crippen LogP contribution < -0.4 is 18.9 Å². The number of ether oxygens (including phenoxy) is 4. The first-order valence-corrected chi connectivity index (χ1v) is 12.2. The van der Waals surface area contributed by atoms with Gasteiger partial charge in [0.05, 0.1) is 46.7 Å². The molecule has 2 amide bonds. The van der Waals surface area contributed by atoms with Gasteiger partial charge in [0.25, 0.3) is 5.91 Å². The van der Waals surface area contributed by atoms with Crippen LogP contribution in [0.3, 0.4) is 0 Å². The van der Waals surface area contributed by atoms with Gasteiger partial charge >= 0.3 is 0 Å². The van der Waals surface area contributed by atoms with Crippen LogP contribution in [0.2, 0.25) is 0 Å². The van der Waals surface area contributed by atoms with Crippen LogP contribution in [0.4, 0.5) is 0 Å². The number of piperazine rings is 1. The largest absolute Gasteiger partial charge is 0.497 e. The van der Waals surface area contributed by atoms with Gasteiger partial charge in [-0.15, -0.1) is 0 Å². The Morgan fingerprint density at radius 2 is 1.49 bits per heavy atom. The van der Waals surface area contributed by atoms with Crippen LogP contribution in [0.1, 0.15) is 30.5 Å². The minimum absolute atomic E-state index is 0.0554. The van der Waals surface area contributed by atoms with Gasteiger partial charge in [0.15, 0.2) is 0 Å². The summed E-state index contributed by atoms with van der Waals surface area (Å²) in [5.74, 6) is 2.51. The third kappa shape index (κ3) is 5.64. The van der Waals surface area contributed by atoms with E-state index in [9.17, 15) is 9.59 Å². The van der Waals surface area contributed by atoms with E-state index >= 15 is 0 Å². The Morgan fingerprint density at radius 3 is 2.08 bits per heavy atom. The fourth-order valence-corrected chi connectivity index (χ4v) is 4.76. The Morgan fingerprint density at radius 1 is 0.865 bits per heavy atom. The predicted octanol–water partition coefficient (Wildman–Crippen LogP) is 2.56. The van der Waals surface area contributed by atoms with Gasteiger partial charge < -0.3 is 23.8 Å². The molecule has 2 aliphatic rings. The van der Waals surface area contributed by atoms with Crippen LogP contribution in [0, 0.1) is 0 Å². The molecule has 10 heteroatoms. The van der Waals surface area contributed by atoms with Gasteiger partial charge in [-0.1, -0.05) is 0 Å². The number of hydrazone groups is 1. The van der Waals surface area contributed by atoms with E-state index in [-0.39, 0.29) is 24.4 Å². The molecule has 1 fully saturated rings. The van der Waals surface area contributed by atoms with E-state index in [0.29, 0.717) is 55.6 Å². The number of hydrogen-bond donors (Lipinski definition) is 0. The fourth-order valence-electron chi connectivity index (χ4n) is 4.76. The van der Waals surface area contributed by atoms with E-state index in [1.807, 2.05) is 30.3 Å². The predicted molar refractivity (Wildman–Crippen MR) is 139 cm³/mol. The fraction of sp³-hybridized carbons (Fsp3) is 0.444. The van der Waals surface area contributed by atoms with Crippen molar-refractivity contribution in [1.82, 2.24) is 14.8 Å². The maximum atomic E-state index is 13.6. The molecule has 0 spiro atoms. The highest BCUT2D eigenvalue weighted by atomic mass is 16.5. The van der Waals surface area contributed by atoms with Crippen molar-refractivity contribution in [2.45, 2.75) is 19.4 Å². The van der Waals surface area contributed by atoms with E-state index in [4.69, 9.17) is 24.0 Å². The summed E-state index contributed by atoms with van der Waals surface area (Å²) < 4.78 is 22.0. The molecule has 0 aliphatic carbocycles. The third-order valence-electron chi connectivity index (χ3n) is 6.86. The number of amides is 2. The van der Waals surface area contributed by atoms with Crippen LogP contribution in [0.15, 0.2) is 41.5 Å². The highest BCUT2D eigenvalue weighted by molar-refractivity contribution is 6.05. The minimum atomic E-state index is -0.367. The lowest BCUT2D eigenvalue weighted by Crippen LogP contribution is -2.50. The normalized spacial score (nSPS) is 17.9. The molecular weight excluding hydrogens is 476 g/mol. The van der Waals surface area contributed by atoms with Crippen molar-refractivity contribution in [3.05, 3.63) is 47.5 Å². The summed E-state index contributed by atoms with van der Waals surface area (Å²) in [6, 6.07) is 10.8. The van der Waals surface area contributed by atoms with Crippen molar-refractivity contribution < 1.29 is 28.5 Å². The number of nitrogens with zero attached hydrogens (tertiary/aromatic N) is 4. The Balaban J connectivity index is 1.65. The van der Waals surface area contributed by atoms with Gasteiger partial charge in [-0.3, -0.25) is 14.5 Å². The lowest BCUT2D eigenvalue weighted by Gasteiger charge is -2.34. The standard InChI is InChI=1S/C27H34N4O6/c1-18(32)30-12-10-29(11-13-30)17-27(33)31-24(22-9-7-20(35-3)15-26(22)37-5)16-23(28-31)21-8-6-19(34-2)14-25(21)36-4/h6-9,14-15,24H,10-13,16-17H2,1-5H3/t24-/m0/s1. The smallest absolute Gasteiger partial charge is 0.257 e. The molecule has 4 rings (SSSR count). The van der Waals surface area contributed by atoms with Gasteiger partial charge in [0.2, 0.25) is 5.91 Å². The van der Waals surface area contributed by atoms with Crippen molar-refractivity contribution in [1.29, 1.82) is 0 Å². The topological polar surface area (TPSA) is 93.1 Å². The van der Waals surface area contributed by atoms with Crippen LogP contribution in [0.25, 0.3) is 0 Å². The highest BCUT2D eigenvalue weighted by Crippen LogP contribution is 2.40. The third-order valence-corrected chi connectivity index (χ3v) is 6.86. The van der Waals surface area contributed by atoms with Gasteiger partial charge in [-0.05, 0) is 24.3 Å². The molecule has 2 aromatic rings. The number of hydrogen-bond acceptors (Lipinski definition) is 8. The van der Waals surface area contributed by atoms with Gasteiger partial charge in [0.1, 0.15) is 23.0 Å². The van der Waals surface area contributed by atoms with Crippen LogP contribution >= 0.6 is 0 Å². The zero-order chi connectivity index (χ0) is 26.5. The lowest BCUT2D eigenvalue weighted by atomic mass is 9.97. The SMILES string of the molecule is COc1ccc(C2=NN(C(=O)CN3CCN(C(C)=O)CC3)[C@H](c3ccc(OC)cc3OC)C2)c(OC)c1. The minimum Gasteiger partial charge on any atom is -0.497 e. The average Bonchev–Trinajstić information content (AvgIpc) is 3.37. The molecule has 0 unspecified atom stereocenters. The van der Waals surface area contributed by atoms with Crippen molar-refractivity contribution in [3.8, 4) is 23.0 Å². The Labute approximate surface area is 217 Å². The van der Waals surface area contributed by atoms with Gasteiger partial charge in [-0.2, -0.15) is 5.10 Å². The van der Waals surface area contributed by atoms with Crippen LogP contribution in [0.5, 0.6) is 23.0 Å². The van der Waals surface area contributed by atoms with E-state index in [1.54, 1.807) is 51.3 Å². The van der Waals surface area contributed by atoms with E-state index in [0.717, 1.165) is 16.8 Å². The van der Waals surface area contributed by atoms with Crippen molar-refractivity contribution in [2.24, 2.45) is 5.10 Å². The summed E-state index contributed by atoms with van der Waals surface area (Å²) in [6.07, 6.45) is 0.481. The molecule has 198 valence electrons. The summed E-state index contributed by atoms with van der Waals surface area (Å²) >= 11 is 0. The molecule has 2 aromatic carbocycles. The number of carbonyl (C=O) groups excluding carboxylic acids is 2. The molecule has 1 saturated heterocycles. The molecule has 10 nitrogen and oxygen atoms in total. The second kappa shape index (κ2) is 11.5. The van der Waals surface area contributed by atoms with Crippen LogP contribution in [-0.2, 0) is 9.59 Å². The Kier molecular flexibility index (Phi) is 8.17.